The molecule has 3 rings (SSSR count). The monoisotopic (exact) mass is 466 g/mol. The van der Waals surface area contributed by atoms with Gasteiger partial charge in [0, 0.05) is 22.9 Å². The molecule has 0 fully saturated rings. The van der Waals surface area contributed by atoms with E-state index < -0.39 is 0 Å². The van der Waals surface area contributed by atoms with Crippen molar-refractivity contribution in [1.29, 1.82) is 0 Å². The van der Waals surface area contributed by atoms with E-state index in [1.807, 2.05) is 54.8 Å². The van der Waals surface area contributed by atoms with Gasteiger partial charge < -0.3 is 10.2 Å². The number of amides is 2. The van der Waals surface area contributed by atoms with Crippen LogP contribution >= 0.6 is 11.3 Å². The molecule has 0 unspecified atom stereocenters. The van der Waals surface area contributed by atoms with Gasteiger partial charge in [-0.1, -0.05) is 52.3 Å². The van der Waals surface area contributed by atoms with Crippen LogP contribution in [0.5, 0.6) is 0 Å². The van der Waals surface area contributed by atoms with Crippen molar-refractivity contribution in [3.8, 4) is 5.69 Å². The first kappa shape index (κ1) is 24.7. The van der Waals surface area contributed by atoms with Crippen molar-refractivity contribution in [2.45, 2.75) is 59.3 Å². The summed E-state index contributed by atoms with van der Waals surface area (Å²) in [4.78, 5) is 28.6. The van der Waals surface area contributed by atoms with E-state index >= 15 is 0 Å². The number of hydrogen-bond donors (Lipinski definition) is 1. The third kappa shape index (κ3) is 6.78. The maximum absolute atomic E-state index is 13.1. The Morgan fingerprint density at radius 2 is 1.94 bits per heavy atom. The molecule has 0 atom stereocenters. The van der Waals surface area contributed by atoms with E-state index in [2.05, 4.69) is 33.0 Å². The van der Waals surface area contributed by atoms with Crippen LogP contribution in [-0.2, 0) is 21.4 Å². The fraction of sp³-hybridized carbons (Fsp3) is 0.423. The lowest BCUT2D eigenvalue weighted by Gasteiger charge is -2.22. The molecule has 1 aromatic carbocycles. The summed E-state index contributed by atoms with van der Waals surface area (Å²) in [6.07, 6.45) is 2.14. The van der Waals surface area contributed by atoms with Crippen molar-refractivity contribution in [2.24, 2.45) is 0 Å². The number of nitrogens with one attached hydrogen (secondary N) is 1. The predicted octanol–water partition coefficient (Wildman–Crippen LogP) is 5.35. The smallest absolute Gasteiger partial charge is 0.245 e. The van der Waals surface area contributed by atoms with Gasteiger partial charge in [-0.05, 0) is 42.5 Å². The lowest BCUT2D eigenvalue weighted by molar-refractivity contribution is -0.134. The van der Waals surface area contributed by atoms with E-state index in [0.29, 0.717) is 18.8 Å². The van der Waals surface area contributed by atoms with Crippen molar-refractivity contribution < 1.29 is 9.59 Å². The zero-order valence-corrected chi connectivity index (χ0v) is 21.0. The molecule has 0 saturated carbocycles. The van der Waals surface area contributed by atoms with Gasteiger partial charge >= 0.3 is 0 Å². The molecule has 2 heterocycles. The Morgan fingerprint density at radius 1 is 1.15 bits per heavy atom. The Labute approximate surface area is 200 Å². The molecule has 0 aliphatic rings. The predicted molar refractivity (Wildman–Crippen MR) is 135 cm³/mol. The minimum atomic E-state index is -0.222. The number of benzene rings is 1. The summed E-state index contributed by atoms with van der Waals surface area (Å²) in [5, 5.41) is 9.76. The molecular formula is C26H34N4O2S. The molecule has 7 heteroatoms. The van der Waals surface area contributed by atoms with Crippen molar-refractivity contribution in [1.82, 2.24) is 14.7 Å². The highest BCUT2D eigenvalue weighted by Crippen LogP contribution is 2.26. The van der Waals surface area contributed by atoms with E-state index in [9.17, 15) is 9.59 Å². The van der Waals surface area contributed by atoms with Gasteiger partial charge in [-0.25, -0.2) is 4.68 Å². The number of thiophene rings is 1. The summed E-state index contributed by atoms with van der Waals surface area (Å²) in [7, 11) is 0. The Bertz CT molecular complexity index is 1080. The summed E-state index contributed by atoms with van der Waals surface area (Å²) in [6.45, 7) is 11.0. The van der Waals surface area contributed by atoms with E-state index in [4.69, 9.17) is 5.10 Å². The molecule has 0 radical (unpaired) electrons. The molecule has 0 aliphatic carbocycles. The van der Waals surface area contributed by atoms with Crippen LogP contribution in [-0.4, -0.2) is 39.6 Å². The average Bonchev–Trinajstić information content (AvgIpc) is 3.40. The number of unbranched alkanes of at least 4 members (excludes halogenated alkanes) is 1. The molecule has 1 N–H and O–H groups in total. The zero-order valence-electron chi connectivity index (χ0n) is 20.2. The number of aromatic nitrogens is 2. The third-order valence-corrected chi connectivity index (χ3v) is 6.24. The standard InChI is InChI=1S/C26H34N4O2S/c1-6-7-13-29(25(32)16-21-12-9-14-33-21)18-24(31)27-23-17-22(26(3,4)5)28-30(23)20-11-8-10-19(2)15-20/h8-12,14-15,17H,6-7,13,16,18H2,1-5H3,(H,27,31). The Kier molecular flexibility index (Phi) is 8.08. The van der Waals surface area contributed by atoms with Gasteiger partial charge in [0.15, 0.2) is 0 Å². The fourth-order valence-corrected chi connectivity index (χ4v) is 4.16. The number of nitrogens with zero attached hydrogens (tertiary/aromatic N) is 3. The Morgan fingerprint density at radius 3 is 2.58 bits per heavy atom. The van der Waals surface area contributed by atoms with E-state index in [1.54, 1.807) is 20.9 Å². The SMILES string of the molecule is CCCCN(CC(=O)Nc1cc(C(C)(C)C)nn1-c1cccc(C)c1)C(=O)Cc1cccs1. The van der Waals surface area contributed by atoms with Gasteiger partial charge in [0.05, 0.1) is 24.3 Å². The highest BCUT2D eigenvalue weighted by molar-refractivity contribution is 7.10. The number of carbonyl (C=O) groups excluding carboxylic acids is 2. The first-order chi connectivity index (χ1) is 15.7. The van der Waals surface area contributed by atoms with Crippen molar-refractivity contribution in [3.63, 3.8) is 0 Å². The lowest BCUT2D eigenvalue weighted by atomic mass is 9.92. The highest BCUT2D eigenvalue weighted by Gasteiger charge is 2.23. The summed E-state index contributed by atoms with van der Waals surface area (Å²) in [5.74, 6) is 0.361. The number of hydrogen-bond acceptors (Lipinski definition) is 4. The van der Waals surface area contributed by atoms with E-state index in [1.165, 1.54) is 0 Å². The summed E-state index contributed by atoms with van der Waals surface area (Å²) in [5.41, 5.74) is 2.72. The summed E-state index contributed by atoms with van der Waals surface area (Å²) < 4.78 is 1.77. The van der Waals surface area contributed by atoms with Crippen LogP contribution in [0.15, 0.2) is 47.8 Å². The van der Waals surface area contributed by atoms with Crippen LogP contribution < -0.4 is 5.32 Å². The normalized spacial score (nSPS) is 11.4. The first-order valence-electron chi connectivity index (χ1n) is 11.4. The zero-order chi connectivity index (χ0) is 24.0. The van der Waals surface area contributed by atoms with E-state index in [-0.39, 0.29) is 23.8 Å². The van der Waals surface area contributed by atoms with Gasteiger partial charge in [0.2, 0.25) is 11.8 Å². The number of rotatable bonds is 9. The van der Waals surface area contributed by atoms with Crippen LogP contribution in [0.2, 0.25) is 0 Å². The second-order valence-corrected chi connectivity index (χ2v) is 10.4. The highest BCUT2D eigenvalue weighted by atomic mass is 32.1. The minimum Gasteiger partial charge on any atom is -0.333 e. The van der Waals surface area contributed by atoms with Crippen molar-refractivity contribution in [3.05, 3.63) is 64.0 Å². The molecule has 0 spiro atoms. The average molecular weight is 467 g/mol. The van der Waals surface area contributed by atoms with Crippen LogP contribution in [0.4, 0.5) is 5.82 Å². The second kappa shape index (κ2) is 10.8. The Hall–Kier alpha value is -2.93. The summed E-state index contributed by atoms with van der Waals surface area (Å²) >= 11 is 1.56. The van der Waals surface area contributed by atoms with Gasteiger partial charge in [0.25, 0.3) is 0 Å². The molecule has 6 nitrogen and oxygen atoms in total. The van der Waals surface area contributed by atoms with Gasteiger partial charge in [-0.3, -0.25) is 9.59 Å². The first-order valence-corrected chi connectivity index (χ1v) is 12.3. The topological polar surface area (TPSA) is 67.2 Å². The van der Waals surface area contributed by atoms with Gasteiger partial charge in [-0.2, -0.15) is 5.10 Å². The van der Waals surface area contributed by atoms with Gasteiger partial charge in [0.1, 0.15) is 5.82 Å². The molecule has 0 bridgehead atoms. The molecule has 176 valence electrons. The molecule has 33 heavy (non-hydrogen) atoms. The van der Waals surface area contributed by atoms with Crippen LogP contribution in [0.1, 0.15) is 56.7 Å². The van der Waals surface area contributed by atoms with Crippen LogP contribution in [0, 0.1) is 6.92 Å². The van der Waals surface area contributed by atoms with Crippen molar-refractivity contribution in [2.75, 3.05) is 18.4 Å². The minimum absolute atomic E-state index is 0.0219. The molecule has 0 aliphatic heterocycles. The van der Waals surface area contributed by atoms with Crippen LogP contribution in [0.25, 0.3) is 5.69 Å². The molecule has 2 amide bonds. The molecule has 2 aromatic heterocycles. The molecule has 0 saturated heterocycles. The molecule has 3 aromatic rings. The second-order valence-electron chi connectivity index (χ2n) is 9.39. The Balaban J connectivity index is 1.80. The van der Waals surface area contributed by atoms with Gasteiger partial charge in [-0.15, -0.1) is 11.3 Å². The number of carbonyl (C=O) groups is 2. The van der Waals surface area contributed by atoms with E-state index in [0.717, 1.165) is 34.7 Å². The maximum Gasteiger partial charge on any atom is 0.245 e. The maximum atomic E-state index is 13.1. The summed E-state index contributed by atoms with van der Waals surface area (Å²) in [6, 6.07) is 13.8. The largest absolute Gasteiger partial charge is 0.333 e. The number of anilines is 1. The fourth-order valence-electron chi connectivity index (χ4n) is 3.46. The molecular weight excluding hydrogens is 432 g/mol. The third-order valence-electron chi connectivity index (χ3n) is 5.37. The van der Waals surface area contributed by atoms with Crippen molar-refractivity contribution >= 4 is 29.0 Å². The lowest BCUT2D eigenvalue weighted by Crippen LogP contribution is -2.39. The number of aryl methyl sites for hydroxylation is 1. The van der Waals surface area contributed by atoms with Crippen LogP contribution in [0.3, 0.4) is 0 Å². The quantitative estimate of drug-likeness (QED) is 0.462.